The molecule has 0 atom stereocenters. The highest BCUT2D eigenvalue weighted by Gasteiger charge is 2.14. The maximum atomic E-state index is 9.16. The number of anilines is 2. The monoisotopic (exact) mass is 305 g/mol. The maximum Gasteiger partial charge on any atom is 0.150 e. The molecule has 0 spiro atoms. The molecular weight excluding hydrogens is 285 g/mol. The number of hydrogen-bond acceptors (Lipinski definition) is 4. The Kier molecular flexibility index (Phi) is 7.28. The van der Waals surface area contributed by atoms with Crippen LogP contribution in [0.2, 0.25) is 10.0 Å². The van der Waals surface area contributed by atoms with Gasteiger partial charge < -0.3 is 15.3 Å². The summed E-state index contributed by atoms with van der Waals surface area (Å²) in [6.07, 6.45) is 2.10. The number of nitrogens with zero attached hydrogens (tertiary/aromatic N) is 2. The van der Waals surface area contributed by atoms with Crippen molar-refractivity contribution >= 4 is 34.8 Å². The Hall–Kier alpha value is -0.710. The fraction of sp³-hybridized carbons (Fsp3) is 0.615. The van der Waals surface area contributed by atoms with Crippen LogP contribution in [-0.2, 0) is 0 Å². The van der Waals surface area contributed by atoms with Crippen LogP contribution in [-0.4, -0.2) is 36.3 Å². The Balaban J connectivity index is 3.02. The molecule has 0 aromatic carbocycles. The first-order valence-electron chi connectivity index (χ1n) is 6.59. The number of unbranched alkanes of at least 4 members (excludes halogenated alkanes) is 1. The van der Waals surface area contributed by atoms with E-state index in [-0.39, 0.29) is 6.61 Å². The van der Waals surface area contributed by atoms with E-state index in [9.17, 15) is 0 Å². The lowest BCUT2D eigenvalue weighted by Gasteiger charge is -2.24. The lowest BCUT2D eigenvalue weighted by Crippen LogP contribution is -2.29. The lowest BCUT2D eigenvalue weighted by molar-refractivity contribution is 0.301. The number of aliphatic hydroxyl groups excluding tert-OH is 1. The molecule has 0 bridgehead atoms. The number of aliphatic hydroxyl groups is 1. The standard InChI is InChI=1S/C13H21Cl2N3O/c1-3-5-6-18(7-8-19)13-11(15)9-10(14)12(17-13)16-4-2/h9,19H,3-8H2,1-2H3,(H,16,17). The van der Waals surface area contributed by atoms with Crippen molar-refractivity contribution in [3.63, 3.8) is 0 Å². The molecule has 0 aliphatic carbocycles. The van der Waals surface area contributed by atoms with Gasteiger partial charge in [0.2, 0.25) is 0 Å². The van der Waals surface area contributed by atoms with E-state index in [1.54, 1.807) is 6.07 Å². The van der Waals surface area contributed by atoms with Gasteiger partial charge >= 0.3 is 0 Å². The fourth-order valence-corrected chi connectivity index (χ4v) is 2.31. The highest BCUT2D eigenvalue weighted by atomic mass is 35.5. The SMILES string of the molecule is CCCCN(CCO)c1nc(NCC)c(Cl)cc1Cl. The minimum absolute atomic E-state index is 0.0703. The van der Waals surface area contributed by atoms with Crippen molar-refractivity contribution in [2.45, 2.75) is 26.7 Å². The molecule has 0 saturated carbocycles. The van der Waals surface area contributed by atoms with E-state index in [2.05, 4.69) is 17.2 Å². The summed E-state index contributed by atoms with van der Waals surface area (Å²) in [5.74, 6) is 1.30. The van der Waals surface area contributed by atoms with E-state index in [4.69, 9.17) is 28.3 Å². The summed E-state index contributed by atoms with van der Waals surface area (Å²) >= 11 is 12.3. The van der Waals surface area contributed by atoms with Crippen molar-refractivity contribution < 1.29 is 5.11 Å². The summed E-state index contributed by atoms with van der Waals surface area (Å²) in [6, 6.07) is 1.69. The summed E-state index contributed by atoms with van der Waals surface area (Å²) in [4.78, 5) is 6.46. The minimum atomic E-state index is 0.0703. The van der Waals surface area contributed by atoms with Crippen LogP contribution in [0.1, 0.15) is 26.7 Å². The zero-order valence-electron chi connectivity index (χ0n) is 11.4. The van der Waals surface area contributed by atoms with Crippen LogP contribution in [0, 0.1) is 0 Å². The van der Waals surface area contributed by atoms with Crippen molar-refractivity contribution in [1.82, 2.24) is 4.98 Å². The molecule has 1 rings (SSSR count). The van der Waals surface area contributed by atoms with Crippen molar-refractivity contribution in [3.05, 3.63) is 16.1 Å². The molecule has 1 aromatic rings. The Labute approximate surface area is 124 Å². The van der Waals surface area contributed by atoms with Gasteiger partial charge in [0, 0.05) is 19.6 Å². The largest absolute Gasteiger partial charge is 0.395 e. The summed E-state index contributed by atoms with van der Waals surface area (Å²) < 4.78 is 0. The molecule has 1 aromatic heterocycles. The van der Waals surface area contributed by atoms with Gasteiger partial charge in [0.05, 0.1) is 16.7 Å². The van der Waals surface area contributed by atoms with Gasteiger partial charge in [-0.2, -0.15) is 0 Å². The fourth-order valence-electron chi connectivity index (χ4n) is 1.76. The van der Waals surface area contributed by atoms with Crippen molar-refractivity contribution in [3.8, 4) is 0 Å². The van der Waals surface area contributed by atoms with Crippen molar-refractivity contribution in [1.29, 1.82) is 0 Å². The third kappa shape index (κ3) is 4.71. The van der Waals surface area contributed by atoms with Crippen LogP contribution in [0.4, 0.5) is 11.6 Å². The molecule has 4 nitrogen and oxygen atoms in total. The van der Waals surface area contributed by atoms with E-state index >= 15 is 0 Å². The van der Waals surface area contributed by atoms with Crippen molar-refractivity contribution in [2.24, 2.45) is 0 Å². The molecule has 0 saturated heterocycles. The molecule has 0 aliphatic rings. The van der Waals surface area contributed by atoms with Crippen LogP contribution >= 0.6 is 23.2 Å². The summed E-state index contributed by atoms with van der Waals surface area (Å²) in [5, 5.41) is 13.3. The first-order valence-corrected chi connectivity index (χ1v) is 7.35. The molecule has 0 fully saturated rings. The Morgan fingerprint density at radius 1 is 1.26 bits per heavy atom. The van der Waals surface area contributed by atoms with Gasteiger partial charge in [-0.25, -0.2) is 4.98 Å². The minimum Gasteiger partial charge on any atom is -0.395 e. The normalized spacial score (nSPS) is 10.6. The second-order valence-electron chi connectivity index (χ2n) is 4.22. The van der Waals surface area contributed by atoms with Crippen LogP contribution in [0.25, 0.3) is 0 Å². The van der Waals surface area contributed by atoms with Gasteiger partial charge in [0.25, 0.3) is 0 Å². The second kappa shape index (κ2) is 8.46. The number of aromatic nitrogens is 1. The molecule has 1 heterocycles. The third-order valence-electron chi connectivity index (χ3n) is 2.71. The van der Waals surface area contributed by atoms with Crippen LogP contribution in [0.15, 0.2) is 6.07 Å². The lowest BCUT2D eigenvalue weighted by atomic mass is 10.3. The quantitative estimate of drug-likeness (QED) is 0.772. The number of hydrogen-bond donors (Lipinski definition) is 2. The maximum absolute atomic E-state index is 9.16. The second-order valence-corrected chi connectivity index (χ2v) is 5.03. The van der Waals surface area contributed by atoms with Gasteiger partial charge in [0.1, 0.15) is 11.6 Å². The van der Waals surface area contributed by atoms with Crippen LogP contribution in [0.3, 0.4) is 0 Å². The summed E-state index contributed by atoms with van der Waals surface area (Å²) in [6.45, 7) is 6.24. The Morgan fingerprint density at radius 2 is 2.00 bits per heavy atom. The molecule has 2 N–H and O–H groups in total. The van der Waals surface area contributed by atoms with E-state index in [0.717, 1.165) is 25.9 Å². The predicted octanol–water partition coefficient (Wildman–Crippen LogP) is 3.42. The number of nitrogens with one attached hydrogen (secondary N) is 1. The highest BCUT2D eigenvalue weighted by Crippen LogP contribution is 2.31. The average Bonchev–Trinajstić information content (AvgIpc) is 2.38. The van der Waals surface area contributed by atoms with Crippen LogP contribution in [0.5, 0.6) is 0 Å². The summed E-state index contributed by atoms with van der Waals surface area (Å²) in [5.41, 5.74) is 0. The molecular formula is C13H21Cl2N3O. The van der Waals surface area contributed by atoms with E-state index in [1.807, 2.05) is 11.8 Å². The number of rotatable bonds is 8. The molecule has 0 radical (unpaired) electrons. The summed E-state index contributed by atoms with van der Waals surface area (Å²) in [7, 11) is 0. The van der Waals surface area contributed by atoms with Gasteiger partial charge in [-0.15, -0.1) is 0 Å². The zero-order valence-corrected chi connectivity index (χ0v) is 12.9. The van der Waals surface area contributed by atoms with Gasteiger partial charge in [-0.05, 0) is 19.4 Å². The van der Waals surface area contributed by atoms with E-state index in [0.29, 0.717) is 28.2 Å². The average molecular weight is 306 g/mol. The Morgan fingerprint density at radius 3 is 2.58 bits per heavy atom. The predicted molar refractivity (Wildman–Crippen MR) is 82.6 cm³/mol. The molecule has 0 unspecified atom stereocenters. The smallest absolute Gasteiger partial charge is 0.150 e. The number of pyridine rings is 1. The molecule has 0 amide bonds. The number of halogens is 2. The van der Waals surface area contributed by atoms with Crippen molar-refractivity contribution in [2.75, 3.05) is 36.5 Å². The molecule has 108 valence electrons. The Bertz CT molecular complexity index is 402. The zero-order chi connectivity index (χ0) is 14.3. The first kappa shape index (κ1) is 16.3. The third-order valence-corrected chi connectivity index (χ3v) is 3.27. The first-order chi connectivity index (χ1) is 9.13. The molecule has 0 aliphatic heterocycles. The highest BCUT2D eigenvalue weighted by molar-refractivity contribution is 6.37. The van der Waals surface area contributed by atoms with E-state index in [1.165, 1.54) is 0 Å². The molecule has 19 heavy (non-hydrogen) atoms. The molecule has 6 heteroatoms. The van der Waals surface area contributed by atoms with E-state index < -0.39 is 0 Å². The van der Waals surface area contributed by atoms with Crippen LogP contribution < -0.4 is 10.2 Å². The topological polar surface area (TPSA) is 48.4 Å². The van der Waals surface area contributed by atoms with Gasteiger partial charge in [-0.3, -0.25) is 0 Å². The van der Waals surface area contributed by atoms with Gasteiger partial charge in [-0.1, -0.05) is 36.5 Å². The van der Waals surface area contributed by atoms with Gasteiger partial charge in [0.15, 0.2) is 0 Å².